The van der Waals surface area contributed by atoms with Crippen molar-refractivity contribution in [2.75, 3.05) is 17.7 Å². The first-order valence-corrected chi connectivity index (χ1v) is 9.24. The van der Waals surface area contributed by atoms with Crippen molar-refractivity contribution in [3.05, 3.63) is 59.8 Å². The van der Waals surface area contributed by atoms with E-state index in [2.05, 4.69) is 10.6 Å². The van der Waals surface area contributed by atoms with E-state index in [1.54, 1.807) is 48.5 Å². The van der Waals surface area contributed by atoms with Crippen LogP contribution in [0.4, 0.5) is 11.4 Å². The number of likely N-dealkylation sites (N-methyl/N-ethyl adjacent to an activating group) is 1. The van der Waals surface area contributed by atoms with Gasteiger partial charge in [-0.25, -0.2) is 0 Å². The predicted molar refractivity (Wildman–Crippen MR) is 111 cm³/mol. The highest BCUT2D eigenvalue weighted by molar-refractivity contribution is 6.36. The number of rotatable bonds is 6. The number of anilines is 2. The number of imide groups is 1. The summed E-state index contributed by atoms with van der Waals surface area (Å²) in [5, 5.41) is 5.75. The summed E-state index contributed by atoms with van der Waals surface area (Å²) >= 11 is 0. The highest BCUT2D eigenvalue weighted by atomic mass is 16.5. The van der Waals surface area contributed by atoms with Crippen molar-refractivity contribution in [3.63, 3.8) is 0 Å². The van der Waals surface area contributed by atoms with E-state index < -0.39 is 5.91 Å². The van der Waals surface area contributed by atoms with Gasteiger partial charge in [-0.1, -0.05) is 12.1 Å². The Morgan fingerprint density at radius 2 is 1.52 bits per heavy atom. The van der Waals surface area contributed by atoms with Crippen molar-refractivity contribution >= 4 is 34.7 Å². The van der Waals surface area contributed by atoms with Gasteiger partial charge in [-0.2, -0.15) is 0 Å². The van der Waals surface area contributed by atoms with E-state index >= 15 is 0 Å². The lowest BCUT2D eigenvalue weighted by Crippen LogP contribution is -2.27. The molecule has 3 rings (SSSR count). The molecule has 29 heavy (non-hydrogen) atoms. The van der Waals surface area contributed by atoms with Crippen molar-refractivity contribution in [2.45, 2.75) is 26.9 Å². The summed E-state index contributed by atoms with van der Waals surface area (Å²) in [7, 11) is 1.45. The molecule has 0 aromatic heterocycles. The highest BCUT2D eigenvalue weighted by Crippen LogP contribution is 2.30. The molecule has 3 amide bonds. The van der Waals surface area contributed by atoms with E-state index in [1.807, 2.05) is 13.8 Å². The molecule has 1 aliphatic rings. The second-order valence-corrected chi connectivity index (χ2v) is 6.99. The summed E-state index contributed by atoms with van der Waals surface area (Å²) in [6, 6.07) is 14.0. The number of ether oxygens (including phenoxy) is 1. The van der Waals surface area contributed by atoms with Gasteiger partial charge >= 0.3 is 0 Å². The van der Waals surface area contributed by atoms with Gasteiger partial charge in [0.1, 0.15) is 11.4 Å². The predicted octanol–water partition coefficient (Wildman–Crippen LogP) is 3.25. The number of nitrogens with zero attached hydrogens (tertiary/aromatic N) is 1. The zero-order valence-corrected chi connectivity index (χ0v) is 16.8. The molecule has 0 fully saturated rings. The SMILES string of the molecule is CC(=O)Nc1ccc(C2=C(Nc3ccc(OC(C)C)cc3)C(=O)N(C)C2=O)cc1. The Morgan fingerprint density at radius 1 is 0.931 bits per heavy atom. The lowest BCUT2D eigenvalue weighted by molar-refractivity contribution is -0.135. The summed E-state index contributed by atoms with van der Waals surface area (Å²) in [4.78, 5) is 37.6. The summed E-state index contributed by atoms with van der Waals surface area (Å²) in [6.07, 6.45) is 0.0614. The molecule has 150 valence electrons. The van der Waals surface area contributed by atoms with Gasteiger partial charge in [0.25, 0.3) is 11.8 Å². The molecule has 0 saturated heterocycles. The van der Waals surface area contributed by atoms with Crippen molar-refractivity contribution in [3.8, 4) is 5.75 Å². The third-order valence-corrected chi connectivity index (χ3v) is 4.28. The van der Waals surface area contributed by atoms with E-state index in [4.69, 9.17) is 4.74 Å². The number of carbonyl (C=O) groups is 3. The maximum Gasteiger partial charge on any atom is 0.277 e. The minimum Gasteiger partial charge on any atom is -0.491 e. The Bertz CT molecular complexity index is 976. The minimum atomic E-state index is -0.404. The molecule has 2 aromatic rings. The summed E-state index contributed by atoms with van der Waals surface area (Å²) in [6.45, 7) is 5.31. The molecular formula is C22H23N3O4. The first kappa shape index (κ1) is 20.1. The third-order valence-electron chi connectivity index (χ3n) is 4.28. The highest BCUT2D eigenvalue weighted by Gasteiger charge is 2.36. The Balaban J connectivity index is 1.92. The van der Waals surface area contributed by atoms with E-state index in [9.17, 15) is 14.4 Å². The Kier molecular flexibility index (Phi) is 5.68. The van der Waals surface area contributed by atoms with Crippen LogP contribution in [0.25, 0.3) is 5.57 Å². The Morgan fingerprint density at radius 3 is 2.07 bits per heavy atom. The zero-order valence-electron chi connectivity index (χ0n) is 16.8. The van der Waals surface area contributed by atoms with Gasteiger partial charge in [-0.05, 0) is 55.8 Å². The lowest BCUT2D eigenvalue weighted by Gasteiger charge is -2.12. The quantitative estimate of drug-likeness (QED) is 0.736. The average Bonchev–Trinajstić information content (AvgIpc) is 2.87. The largest absolute Gasteiger partial charge is 0.491 e. The van der Waals surface area contributed by atoms with Gasteiger partial charge in [0.15, 0.2) is 0 Å². The Hall–Kier alpha value is -3.61. The number of benzene rings is 2. The van der Waals surface area contributed by atoms with Crippen molar-refractivity contribution < 1.29 is 19.1 Å². The van der Waals surface area contributed by atoms with Gasteiger partial charge in [0, 0.05) is 25.3 Å². The van der Waals surface area contributed by atoms with E-state index in [0.717, 1.165) is 10.6 Å². The van der Waals surface area contributed by atoms with E-state index in [0.29, 0.717) is 16.9 Å². The zero-order chi connectivity index (χ0) is 21.1. The van der Waals surface area contributed by atoms with E-state index in [1.165, 1.54) is 14.0 Å². The smallest absolute Gasteiger partial charge is 0.277 e. The second-order valence-electron chi connectivity index (χ2n) is 6.99. The molecule has 0 unspecified atom stereocenters. The molecule has 1 aliphatic heterocycles. The number of carbonyl (C=O) groups excluding carboxylic acids is 3. The summed E-state index contributed by atoms with van der Waals surface area (Å²) < 4.78 is 5.62. The molecule has 7 heteroatoms. The molecule has 0 saturated carbocycles. The van der Waals surface area contributed by atoms with Crippen LogP contribution in [-0.4, -0.2) is 35.8 Å². The van der Waals surface area contributed by atoms with Crippen molar-refractivity contribution in [2.24, 2.45) is 0 Å². The first-order chi connectivity index (χ1) is 13.8. The maximum atomic E-state index is 12.7. The van der Waals surface area contributed by atoms with Crippen LogP contribution in [0.15, 0.2) is 54.2 Å². The van der Waals surface area contributed by atoms with Gasteiger partial charge in [0.2, 0.25) is 5.91 Å². The molecule has 0 aliphatic carbocycles. The van der Waals surface area contributed by atoms with Gasteiger partial charge in [-0.3, -0.25) is 19.3 Å². The molecule has 7 nitrogen and oxygen atoms in total. The van der Waals surface area contributed by atoms with E-state index in [-0.39, 0.29) is 29.2 Å². The first-order valence-electron chi connectivity index (χ1n) is 9.24. The second kappa shape index (κ2) is 8.18. The summed E-state index contributed by atoms with van der Waals surface area (Å²) in [5.41, 5.74) is 2.36. The molecule has 2 aromatic carbocycles. The Labute approximate surface area is 169 Å². The maximum absolute atomic E-state index is 12.7. The van der Waals surface area contributed by atoms with Crippen LogP contribution >= 0.6 is 0 Å². The topological polar surface area (TPSA) is 87.7 Å². The lowest BCUT2D eigenvalue weighted by atomic mass is 10.0. The molecule has 2 N–H and O–H groups in total. The normalized spacial score (nSPS) is 13.9. The van der Waals surface area contributed by atoms with Gasteiger partial charge in [0.05, 0.1) is 11.7 Å². The molecule has 0 radical (unpaired) electrons. The molecule has 0 bridgehead atoms. The fraction of sp³-hybridized carbons (Fsp3) is 0.227. The monoisotopic (exact) mass is 393 g/mol. The minimum absolute atomic E-state index is 0.0614. The van der Waals surface area contributed by atoms with Crippen molar-refractivity contribution in [1.29, 1.82) is 0 Å². The van der Waals surface area contributed by atoms with Crippen LogP contribution in [0.2, 0.25) is 0 Å². The number of nitrogens with one attached hydrogen (secondary N) is 2. The van der Waals surface area contributed by atoms with Crippen LogP contribution < -0.4 is 15.4 Å². The van der Waals surface area contributed by atoms with Crippen LogP contribution in [0, 0.1) is 0 Å². The number of hydrogen-bond acceptors (Lipinski definition) is 5. The van der Waals surface area contributed by atoms with Gasteiger partial charge < -0.3 is 15.4 Å². The standard InChI is InChI=1S/C22H23N3O4/c1-13(2)29-18-11-9-17(10-12-18)24-20-19(21(27)25(4)22(20)28)15-5-7-16(8-6-15)23-14(3)26/h5-13,24H,1-4H3,(H,23,26). The summed E-state index contributed by atoms with van der Waals surface area (Å²) in [5.74, 6) is -0.252. The number of hydrogen-bond donors (Lipinski definition) is 2. The van der Waals surface area contributed by atoms with Gasteiger partial charge in [-0.15, -0.1) is 0 Å². The number of amides is 3. The average molecular weight is 393 g/mol. The molecule has 0 spiro atoms. The molecule has 1 heterocycles. The molecular weight excluding hydrogens is 370 g/mol. The van der Waals surface area contributed by atoms with Crippen LogP contribution in [0.3, 0.4) is 0 Å². The van der Waals surface area contributed by atoms with Crippen LogP contribution in [0.5, 0.6) is 5.75 Å². The fourth-order valence-electron chi connectivity index (χ4n) is 2.98. The fourth-order valence-corrected chi connectivity index (χ4v) is 2.98. The van der Waals surface area contributed by atoms with Crippen LogP contribution in [0.1, 0.15) is 26.3 Å². The van der Waals surface area contributed by atoms with Crippen LogP contribution in [-0.2, 0) is 14.4 Å². The third kappa shape index (κ3) is 4.45. The molecule has 0 atom stereocenters. The van der Waals surface area contributed by atoms with Crippen molar-refractivity contribution in [1.82, 2.24) is 4.90 Å².